The fourth-order valence-corrected chi connectivity index (χ4v) is 3.81. The summed E-state index contributed by atoms with van der Waals surface area (Å²) in [5, 5.41) is 19.4. The van der Waals surface area contributed by atoms with Gasteiger partial charge in [0.1, 0.15) is 11.8 Å². The minimum absolute atomic E-state index is 0.0547. The minimum Gasteiger partial charge on any atom is -0.507 e. The van der Waals surface area contributed by atoms with Crippen molar-refractivity contribution in [1.82, 2.24) is 4.90 Å². The number of hydrogen-bond donors (Lipinski definition) is 2. The van der Waals surface area contributed by atoms with Crippen LogP contribution in [0.25, 0.3) is 0 Å². The van der Waals surface area contributed by atoms with Crippen molar-refractivity contribution in [2.45, 2.75) is 32.2 Å². The largest absolute Gasteiger partial charge is 0.507 e. The van der Waals surface area contributed by atoms with Crippen LogP contribution in [0.4, 0.5) is 0 Å². The Balaban J connectivity index is 1.91. The van der Waals surface area contributed by atoms with Crippen molar-refractivity contribution in [1.29, 1.82) is 0 Å². The number of fused-ring (bicyclic) bond motifs is 1. The van der Waals surface area contributed by atoms with Crippen LogP contribution in [0.5, 0.6) is 5.75 Å². The highest BCUT2D eigenvalue weighted by Gasteiger charge is 2.49. The van der Waals surface area contributed by atoms with E-state index in [0.29, 0.717) is 6.54 Å². The van der Waals surface area contributed by atoms with E-state index in [2.05, 4.69) is 0 Å². The number of carbonyl (C=O) groups is 2. The van der Waals surface area contributed by atoms with Crippen molar-refractivity contribution < 1.29 is 19.8 Å². The third kappa shape index (κ3) is 2.26. The average molecular weight is 289 g/mol. The number of carboxylic acid groups (broad SMARTS) is 1. The van der Waals surface area contributed by atoms with E-state index in [1.54, 1.807) is 12.1 Å². The smallest absolute Gasteiger partial charge is 0.326 e. The van der Waals surface area contributed by atoms with Crippen LogP contribution in [0.2, 0.25) is 0 Å². The molecule has 2 fully saturated rings. The van der Waals surface area contributed by atoms with Crippen LogP contribution in [-0.2, 0) is 4.79 Å². The van der Waals surface area contributed by atoms with E-state index in [0.717, 1.165) is 24.8 Å². The molecule has 1 amide bonds. The summed E-state index contributed by atoms with van der Waals surface area (Å²) < 4.78 is 0. The Morgan fingerprint density at radius 2 is 2.05 bits per heavy atom. The number of likely N-dealkylation sites (tertiary alicyclic amines) is 1. The highest BCUT2D eigenvalue weighted by atomic mass is 16.4. The molecule has 3 rings (SSSR count). The molecule has 1 aliphatic heterocycles. The molecule has 1 saturated carbocycles. The number of rotatable bonds is 2. The molecule has 1 heterocycles. The molecule has 1 aromatic rings. The summed E-state index contributed by atoms with van der Waals surface area (Å²) in [5.41, 5.74) is 1.05. The third-order valence-corrected chi connectivity index (χ3v) is 4.79. The Kier molecular flexibility index (Phi) is 3.35. The molecule has 0 unspecified atom stereocenters. The van der Waals surface area contributed by atoms with E-state index in [9.17, 15) is 19.8 Å². The molecule has 1 aromatic carbocycles. The van der Waals surface area contributed by atoms with Crippen molar-refractivity contribution >= 4 is 11.9 Å². The highest BCUT2D eigenvalue weighted by Crippen LogP contribution is 2.43. The van der Waals surface area contributed by atoms with Crippen LogP contribution in [0.3, 0.4) is 0 Å². The zero-order valence-corrected chi connectivity index (χ0v) is 12.0. The lowest BCUT2D eigenvalue weighted by Gasteiger charge is -2.24. The molecule has 0 spiro atoms. The van der Waals surface area contributed by atoms with E-state index in [1.807, 2.05) is 6.92 Å². The first-order chi connectivity index (χ1) is 9.99. The molecule has 21 heavy (non-hydrogen) atoms. The molecule has 1 aliphatic carbocycles. The monoisotopic (exact) mass is 289 g/mol. The van der Waals surface area contributed by atoms with E-state index in [4.69, 9.17) is 0 Å². The number of aromatic hydroxyl groups is 1. The lowest BCUT2D eigenvalue weighted by atomic mass is 9.94. The standard InChI is InChI=1S/C16H19NO4/c1-9-5-6-12(13(18)7-9)15(19)17-8-10-3-2-4-11(10)14(17)16(20)21/h5-7,10-11,14,18H,2-4,8H2,1H3,(H,20,21)/t10-,11-,14-/m0/s1. The molecule has 0 bridgehead atoms. The highest BCUT2D eigenvalue weighted by molar-refractivity contribution is 5.99. The van der Waals surface area contributed by atoms with Gasteiger partial charge in [-0.05, 0) is 49.3 Å². The molecular weight excluding hydrogens is 270 g/mol. The lowest BCUT2D eigenvalue weighted by Crippen LogP contribution is -2.43. The Morgan fingerprint density at radius 3 is 2.71 bits per heavy atom. The number of benzene rings is 1. The summed E-state index contributed by atoms with van der Waals surface area (Å²) >= 11 is 0. The number of aliphatic carboxylic acids is 1. The number of phenols is 1. The quantitative estimate of drug-likeness (QED) is 0.873. The van der Waals surface area contributed by atoms with Gasteiger partial charge < -0.3 is 15.1 Å². The second-order valence-corrected chi connectivity index (χ2v) is 6.12. The molecule has 0 radical (unpaired) electrons. The Bertz CT molecular complexity index is 598. The van der Waals surface area contributed by atoms with Crippen LogP contribution in [-0.4, -0.2) is 39.6 Å². The van der Waals surface area contributed by atoms with Crippen LogP contribution in [0.15, 0.2) is 18.2 Å². The Hall–Kier alpha value is -2.04. The molecule has 2 N–H and O–H groups in total. The zero-order valence-electron chi connectivity index (χ0n) is 12.0. The summed E-state index contributed by atoms with van der Waals surface area (Å²) in [4.78, 5) is 25.6. The van der Waals surface area contributed by atoms with Gasteiger partial charge >= 0.3 is 5.97 Å². The van der Waals surface area contributed by atoms with E-state index in [-0.39, 0.29) is 29.1 Å². The topological polar surface area (TPSA) is 77.8 Å². The number of nitrogens with zero attached hydrogens (tertiary/aromatic N) is 1. The SMILES string of the molecule is Cc1ccc(C(=O)N2C[C@@H]3CCC[C@@H]3[C@H]2C(=O)O)c(O)c1. The van der Waals surface area contributed by atoms with Crippen molar-refractivity contribution in [2.75, 3.05) is 6.54 Å². The Labute approximate surface area is 123 Å². The summed E-state index contributed by atoms with van der Waals surface area (Å²) in [6, 6.07) is 4.09. The molecule has 0 aromatic heterocycles. The molecule has 3 atom stereocenters. The first-order valence-corrected chi connectivity index (χ1v) is 7.32. The molecule has 2 aliphatic rings. The lowest BCUT2D eigenvalue weighted by molar-refractivity contribution is -0.142. The van der Waals surface area contributed by atoms with Crippen molar-refractivity contribution in [3.63, 3.8) is 0 Å². The van der Waals surface area contributed by atoms with Crippen LogP contribution < -0.4 is 0 Å². The second kappa shape index (κ2) is 5.06. The van der Waals surface area contributed by atoms with Gasteiger partial charge in [0, 0.05) is 6.54 Å². The molecule has 112 valence electrons. The summed E-state index contributed by atoms with van der Waals surface area (Å²) in [6.45, 7) is 2.31. The fraction of sp³-hybridized carbons (Fsp3) is 0.500. The molecule has 5 heteroatoms. The third-order valence-electron chi connectivity index (χ3n) is 4.79. The number of phenolic OH excluding ortho intramolecular Hbond substituents is 1. The number of hydrogen-bond acceptors (Lipinski definition) is 3. The maximum absolute atomic E-state index is 12.6. The van der Waals surface area contributed by atoms with Gasteiger partial charge in [0.15, 0.2) is 0 Å². The van der Waals surface area contributed by atoms with Gasteiger partial charge in [-0.2, -0.15) is 0 Å². The maximum Gasteiger partial charge on any atom is 0.326 e. The van der Waals surface area contributed by atoms with Crippen LogP contribution >= 0.6 is 0 Å². The normalized spacial score (nSPS) is 27.7. The van der Waals surface area contributed by atoms with Gasteiger partial charge in [0.25, 0.3) is 5.91 Å². The van der Waals surface area contributed by atoms with Gasteiger partial charge in [-0.25, -0.2) is 4.79 Å². The second-order valence-electron chi connectivity index (χ2n) is 6.12. The van der Waals surface area contributed by atoms with E-state index >= 15 is 0 Å². The van der Waals surface area contributed by atoms with Gasteiger partial charge in [-0.1, -0.05) is 12.5 Å². The number of amides is 1. The maximum atomic E-state index is 12.6. The summed E-state index contributed by atoms with van der Waals surface area (Å²) in [6.07, 6.45) is 2.89. The van der Waals surface area contributed by atoms with E-state index < -0.39 is 12.0 Å². The van der Waals surface area contributed by atoms with Crippen molar-refractivity contribution in [3.8, 4) is 5.75 Å². The van der Waals surface area contributed by atoms with Gasteiger partial charge in [-0.15, -0.1) is 0 Å². The molecule has 1 saturated heterocycles. The number of aryl methyl sites for hydroxylation is 1. The predicted molar refractivity (Wildman–Crippen MR) is 76.1 cm³/mol. The summed E-state index contributed by atoms with van der Waals surface area (Å²) in [7, 11) is 0. The average Bonchev–Trinajstić information content (AvgIpc) is 2.96. The van der Waals surface area contributed by atoms with Crippen LogP contribution in [0, 0.1) is 18.8 Å². The van der Waals surface area contributed by atoms with Crippen LogP contribution in [0.1, 0.15) is 35.2 Å². The number of carbonyl (C=O) groups excluding carboxylic acids is 1. The zero-order chi connectivity index (χ0) is 15.1. The van der Waals surface area contributed by atoms with Crippen molar-refractivity contribution in [3.05, 3.63) is 29.3 Å². The predicted octanol–water partition coefficient (Wildman–Crippen LogP) is 2.03. The Morgan fingerprint density at radius 1 is 1.29 bits per heavy atom. The molecule has 5 nitrogen and oxygen atoms in total. The number of carboxylic acids is 1. The fourth-order valence-electron chi connectivity index (χ4n) is 3.81. The minimum atomic E-state index is -0.940. The van der Waals surface area contributed by atoms with Gasteiger partial charge in [0.2, 0.25) is 0 Å². The molecular formula is C16H19NO4. The first-order valence-electron chi connectivity index (χ1n) is 7.32. The van der Waals surface area contributed by atoms with Gasteiger partial charge in [0.05, 0.1) is 5.56 Å². The van der Waals surface area contributed by atoms with Gasteiger partial charge in [-0.3, -0.25) is 4.79 Å². The summed E-state index contributed by atoms with van der Waals surface area (Å²) in [5.74, 6) is -1.07. The van der Waals surface area contributed by atoms with Crippen molar-refractivity contribution in [2.24, 2.45) is 11.8 Å². The van der Waals surface area contributed by atoms with E-state index in [1.165, 1.54) is 11.0 Å². The first kappa shape index (κ1) is 13.9.